The lowest BCUT2D eigenvalue weighted by Crippen LogP contribution is -2.49. The third-order valence-electron chi connectivity index (χ3n) is 4.33. The van der Waals surface area contributed by atoms with Crippen LogP contribution in [0.5, 0.6) is 5.75 Å². The maximum Gasteiger partial charge on any atom is 0.122 e. The molecule has 1 saturated heterocycles. The highest BCUT2D eigenvalue weighted by atomic mass is 16.5. The Balaban J connectivity index is 1.71. The van der Waals surface area contributed by atoms with Crippen LogP contribution in [-0.4, -0.2) is 66.9 Å². The summed E-state index contributed by atoms with van der Waals surface area (Å²) in [6.07, 6.45) is -0.438. The Hall–Kier alpha value is -1.10. The van der Waals surface area contributed by atoms with Gasteiger partial charge in [0.2, 0.25) is 0 Å². The van der Waals surface area contributed by atoms with E-state index in [-0.39, 0.29) is 0 Å². The summed E-state index contributed by atoms with van der Waals surface area (Å²) in [5.74, 6) is 1.60. The van der Waals surface area contributed by atoms with Gasteiger partial charge in [-0.2, -0.15) is 0 Å². The summed E-state index contributed by atoms with van der Waals surface area (Å²) in [6, 6.07) is 6.17. The zero-order valence-electron chi connectivity index (χ0n) is 15.1. The van der Waals surface area contributed by atoms with Crippen molar-refractivity contribution in [1.29, 1.82) is 0 Å². The van der Waals surface area contributed by atoms with Gasteiger partial charge in [-0.05, 0) is 37.0 Å². The van der Waals surface area contributed by atoms with Crippen LogP contribution >= 0.6 is 0 Å². The molecule has 1 aliphatic rings. The first kappa shape index (κ1) is 18.2. The molecular formula is C19H32N2O2. The summed E-state index contributed by atoms with van der Waals surface area (Å²) in [4.78, 5) is 4.86. The monoisotopic (exact) mass is 320 g/mol. The summed E-state index contributed by atoms with van der Waals surface area (Å²) in [6.45, 7) is 15.1. The van der Waals surface area contributed by atoms with Gasteiger partial charge in [0.05, 0.1) is 0 Å². The van der Waals surface area contributed by atoms with E-state index in [0.29, 0.717) is 13.2 Å². The molecule has 0 bridgehead atoms. The molecule has 0 aliphatic carbocycles. The van der Waals surface area contributed by atoms with Crippen molar-refractivity contribution in [3.05, 3.63) is 29.3 Å². The number of hydrogen-bond acceptors (Lipinski definition) is 4. The summed E-state index contributed by atoms with van der Waals surface area (Å²) >= 11 is 0. The number of aryl methyl sites for hydroxylation is 2. The molecule has 130 valence electrons. The molecule has 1 unspecified atom stereocenters. The number of benzene rings is 1. The van der Waals surface area contributed by atoms with Crippen LogP contribution in [0.25, 0.3) is 0 Å². The van der Waals surface area contributed by atoms with E-state index in [4.69, 9.17) is 4.74 Å². The molecule has 0 aromatic heterocycles. The van der Waals surface area contributed by atoms with Crippen molar-refractivity contribution in [2.24, 2.45) is 5.92 Å². The average Bonchev–Trinajstić information content (AvgIpc) is 2.50. The lowest BCUT2D eigenvalue weighted by Gasteiger charge is -2.36. The molecule has 23 heavy (non-hydrogen) atoms. The van der Waals surface area contributed by atoms with Crippen LogP contribution in [0.3, 0.4) is 0 Å². The molecule has 1 aromatic carbocycles. The van der Waals surface area contributed by atoms with Crippen LogP contribution in [-0.2, 0) is 0 Å². The molecule has 1 aliphatic heterocycles. The predicted octanol–water partition coefficient (Wildman–Crippen LogP) is 2.32. The van der Waals surface area contributed by atoms with E-state index < -0.39 is 6.10 Å². The molecule has 0 amide bonds. The molecule has 1 N–H and O–H groups in total. The van der Waals surface area contributed by atoms with Crippen molar-refractivity contribution in [2.75, 3.05) is 45.9 Å². The van der Waals surface area contributed by atoms with Gasteiger partial charge >= 0.3 is 0 Å². The maximum absolute atomic E-state index is 10.3. The van der Waals surface area contributed by atoms with Crippen LogP contribution in [0.2, 0.25) is 0 Å². The van der Waals surface area contributed by atoms with Gasteiger partial charge in [0.25, 0.3) is 0 Å². The van der Waals surface area contributed by atoms with Crippen molar-refractivity contribution in [1.82, 2.24) is 9.80 Å². The Morgan fingerprint density at radius 2 is 1.65 bits per heavy atom. The van der Waals surface area contributed by atoms with Gasteiger partial charge in [-0.15, -0.1) is 0 Å². The fraction of sp³-hybridized carbons (Fsp3) is 0.684. The first-order chi connectivity index (χ1) is 10.9. The molecule has 0 radical (unpaired) electrons. The first-order valence-electron chi connectivity index (χ1n) is 8.77. The highest BCUT2D eigenvalue weighted by molar-refractivity contribution is 5.35. The largest absolute Gasteiger partial charge is 0.491 e. The Morgan fingerprint density at radius 1 is 1.04 bits per heavy atom. The van der Waals surface area contributed by atoms with E-state index in [9.17, 15) is 5.11 Å². The van der Waals surface area contributed by atoms with Gasteiger partial charge in [-0.3, -0.25) is 4.90 Å². The number of rotatable bonds is 7. The fourth-order valence-corrected chi connectivity index (χ4v) is 3.07. The van der Waals surface area contributed by atoms with Gasteiger partial charge < -0.3 is 14.7 Å². The second kappa shape index (κ2) is 8.67. The molecule has 1 atom stereocenters. The van der Waals surface area contributed by atoms with E-state index in [0.717, 1.165) is 43.4 Å². The molecule has 1 heterocycles. The van der Waals surface area contributed by atoms with Crippen LogP contribution in [0.1, 0.15) is 25.0 Å². The second-order valence-electron chi connectivity index (χ2n) is 7.23. The normalized spacial score (nSPS) is 18.3. The van der Waals surface area contributed by atoms with Gasteiger partial charge in [-0.25, -0.2) is 0 Å². The van der Waals surface area contributed by atoms with Gasteiger partial charge in [-0.1, -0.05) is 26.0 Å². The second-order valence-corrected chi connectivity index (χ2v) is 7.23. The molecule has 1 fully saturated rings. The number of piperazine rings is 1. The molecule has 4 heteroatoms. The lowest BCUT2D eigenvalue weighted by atomic mass is 10.1. The van der Waals surface area contributed by atoms with Crippen molar-refractivity contribution in [2.45, 2.75) is 33.8 Å². The number of nitrogens with zero attached hydrogens (tertiary/aromatic N) is 2. The third-order valence-corrected chi connectivity index (χ3v) is 4.33. The number of hydrogen-bond donors (Lipinski definition) is 1. The van der Waals surface area contributed by atoms with Crippen LogP contribution in [0.4, 0.5) is 0 Å². The van der Waals surface area contributed by atoms with Crippen LogP contribution in [0, 0.1) is 19.8 Å². The van der Waals surface area contributed by atoms with Gasteiger partial charge in [0.1, 0.15) is 18.5 Å². The van der Waals surface area contributed by atoms with E-state index in [1.807, 2.05) is 13.0 Å². The Labute approximate surface area is 141 Å². The van der Waals surface area contributed by atoms with Crippen LogP contribution < -0.4 is 4.74 Å². The zero-order chi connectivity index (χ0) is 16.8. The third kappa shape index (κ3) is 6.13. The molecule has 0 saturated carbocycles. The topological polar surface area (TPSA) is 35.9 Å². The van der Waals surface area contributed by atoms with E-state index >= 15 is 0 Å². The van der Waals surface area contributed by atoms with Crippen molar-refractivity contribution in [3.63, 3.8) is 0 Å². The fourth-order valence-electron chi connectivity index (χ4n) is 3.07. The summed E-state index contributed by atoms with van der Waals surface area (Å²) in [5.41, 5.74) is 2.30. The molecule has 1 aromatic rings. The smallest absolute Gasteiger partial charge is 0.122 e. The summed E-state index contributed by atoms with van der Waals surface area (Å²) in [7, 11) is 0. The average molecular weight is 320 g/mol. The molecule has 4 nitrogen and oxygen atoms in total. The van der Waals surface area contributed by atoms with Crippen molar-refractivity contribution >= 4 is 0 Å². The quantitative estimate of drug-likeness (QED) is 0.836. The standard InChI is InChI=1S/C19H32N2O2/c1-15(2)12-20-7-9-21(10-8-20)13-18(22)14-23-19-11-16(3)5-6-17(19)4/h5-6,11,15,18,22H,7-10,12-14H2,1-4H3. The summed E-state index contributed by atoms with van der Waals surface area (Å²) in [5, 5.41) is 10.3. The number of aliphatic hydroxyl groups excluding tert-OH is 1. The summed E-state index contributed by atoms with van der Waals surface area (Å²) < 4.78 is 5.81. The van der Waals surface area contributed by atoms with Crippen LogP contribution in [0.15, 0.2) is 18.2 Å². The number of aliphatic hydroxyl groups is 1. The Kier molecular flexibility index (Phi) is 6.88. The number of ether oxygens (including phenoxy) is 1. The van der Waals surface area contributed by atoms with Gasteiger partial charge in [0, 0.05) is 39.3 Å². The minimum atomic E-state index is -0.438. The Morgan fingerprint density at radius 3 is 2.26 bits per heavy atom. The van der Waals surface area contributed by atoms with E-state index in [1.54, 1.807) is 0 Å². The molecular weight excluding hydrogens is 288 g/mol. The van der Waals surface area contributed by atoms with E-state index in [1.165, 1.54) is 12.1 Å². The van der Waals surface area contributed by atoms with Crippen molar-refractivity contribution < 1.29 is 9.84 Å². The Bertz CT molecular complexity index is 482. The maximum atomic E-state index is 10.3. The molecule has 0 spiro atoms. The molecule has 2 rings (SSSR count). The van der Waals surface area contributed by atoms with E-state index in [2.05, 4.69) is 42.7 Å². The van der Waals surface area contributed by atoms with Gasteiger partial charge in [0.15, 0.2) is 0 Å². The predicted molar refractivity (Wildman–Crippen MR) is 95.1 cm³/mol. The lowest BCUT2D eigenvalue weighted by molar-refractivity contribution is 0.0438. The van der Waals surface area contributed by atoms with Crippen molar-refractivity contribution in [3.8, 4) is 5.75 Å². The highest BCUT2D eigenvalue weighted by Gasteiger charge is 2.20. The minimum Gasteiger partial charge on any atom is -0.491 e. The first-order valence-corrected chi connectivity index (χ1v) is 8.77. The minimum absolute atomic E-state index is 0.358. The zero-order valence-corrected chi connectivity index (χ0v) is 15.1. The highest BCUT2D eigenvalue weighted by Crippen LogP contribution is 2.19. The SMILES string of the molecule is Cc1ccc(C)c(OCC(O)CN2CCN(CC(C)C)CC2)c1. The number of β-amino-alcohol motifs (C(OH)–C–C–N with tert-alkyl or cyclic N) is 1.